The van der Waals surface area contributed by atoms with Gasteiger partial charge in [-0.25, -0.2) is 0 Å². The molecule has 0 heterocycles. The van der Waals surface area contributed by atoms with Gasteiger partial charge in [0.05, 0.1) is 18.6 Å². The van der Waals surface area contributed by atoms with E-state index in [1.807, 2.05) is 0 Å². The van der Waals surface area contributed by atoms with Gasteiger partial charge in [-0.3, -0.25) is 19.2 Å². The molecule has 3 N–H and O–H groups in total. The molecule has 9 heteroatoms. The Bertz CT molecular complexity index is 677. The monoisotopic (exact) mass is 570 g/mol. The molecule has 0 aliphatic heterocycles. The molecule has 0 saturated heterocycles. The second kappa shape index (κ2) is 25.8. The molecule has 0 atom stereocenters. The van der Waals surface area contributed by atoms with Crippen molar-refractivity contribution >= 4 is 23.8 Å². The SMILES string of the molecule is CC(C)(C)C(=O)OCCOCCNC(=O)CCCNC(=O)CCCCCCCCCCCCCCCCC(=O)O. The summed E-state index contributed by atoms with van der Waals surface area (Å²) < 4.78 is 10.5. The van der Waals surface area contributed by atoms with Crippen LogP contribution in [0.25, 0.3) is 0 Å². The number of esters is 1. The predicted molar refractivity (Wildman–Crippen MR) is 158 cm³/mol. The minimum Gasteiger partial charge on any atom is -0.481 e. The zero-order valence-electron chi connectivity index (χ0n) is 25.7. The summed E-state index contributed by atoms with van der Waals surface area (Å²) in [5, 5.41) is 14.3. The summed E-state index contributed by atoms with van der Waals surface area (Å²) in [5.74, 6) is -0.960. The Kier molecular flexibility index (Phi) is 24.4. The number of nitrogens with one attached hydrogen (secondary N) is 2. The number of hydrogen-bond acceptors (Lipinski definition) is 6. The lowest BCUT2D eigenvalue weighted by Gasteiger charge is -2.16. The van der Waals surface area contributed by atoms with Gasteiger partial charge in [-0.2, -0.15) is 0 Å². The number of carbonyl (C=O) groups excluding carboxylic acids is 3. The highest BCUT2D eigenvalue weighted by atomic mass is 16.6. The molecule has 0 aromatic heterocycles. The molecule has 0 radical (unpaired) electrons. The molecule has 0 saturated carbocycles. The highest BCUT2D eigenvalue weighted by Crippen LogP contribution is 2.15. The summed E-state index contributed by atoms with van der Waals surface area (Å²) in [6, 6.07) is 0. The van der Waals surface area contributed by atoms with E-state index in [1.54, 1.807) is 20.8 Å². The van der Waals surface area contributed by atoms with Crippen LogP contribution < -0.4 is 10.6 Å². The van der Waals surface area contributed by atoms with Gasteiger partial charge in [-0.05, 0) is 40.0 Å². The van der Waals surface area contributed by atoms with E-state index in [0.717, 1.165) is 32.1 Å². The molecule has 2 amide bonds. The van der Waals surface area contributed by atoms with Crippen LogP contribution in [-0.4, -0.2) is 61.8 Å². The molecule has 0 unspecified atom stereocenters. The van der Waals surface area contributed by atoms with Crippen molar-refractivity contribution in [2.45, 2.75) is 136 Å². The lowest BCUT2D eigenvalue weighted by molar-refractivity contribution is -0.154. The van der Waals surface area contributed by atoms with Crippen molar-refractivity contribution in [3.63, 3.8) is 0 Å². The normalized spacial score (nSPS) is 11.3. The van der Waals surface area contributed by atoms with Crippen molar-refractivity contribution in [3.8, 4) is 0 Å². The number of carboxylic acid groups (broad SMARTS) is 1. The zero-order valence-corrected chi connectivity index (χ0v) is 25.7. The quantitative estimate of drug-likeness (QED) is 0.0824. The van der Waals surface area contributed by atoms with Crippen LogP contribution in [0.15, 0.2) is 0 Å². The number of amides is 2. The molecule has 0 aliphatic carbocycles. The third-order valence-corrected chi connectivity index (χ3v) is 6.59. The number of carbonyl (C=O) groups is 4. The van der Waals surface area contributed by atoms with Crippen molar-refractivity contribution in [1.29, 1.82) is 0 Å². The lowest BCUT2D eigenvalue weighted by Crippen LogP contribution is -2.29. The fraction of sp³-hybridized carbons (Fsp3) is 0.871. The van der Waals surface area contributed by atoms with Crippen LogP contribution in [0.4, 0.5) is 0 Å². The van der Waals surface area contributed by atoms with Gasteiger partial charge in [0, 0.05) is 32.4 Å². The molecule has 0 rings (SSSR count). The number of aliphatic carboxylic acids is 1. The maximum atomic E-state index is 12.0. The average molecular weight is 571 g/mol. The van der Waals surface area contributed by atoms with Gasteiger partial charge in [0.15, 0.2) is 0 Å². The largest absolute Gasteiger partial charge is 0.481 e. The summed E-state index contributed by atoms with van der Waals surface area (Å²) in [7, 11) is 0. The second-order valence-electron chi connectivity index (χ2n) is 11.6. The third kappa shape index (κ3) is 27.4. The van der Waals surface area contributed by atoms with Crippen molar-refractivity contribution in [2.24, 2.45) is 5.41 Å². The first-order chi connectivity index (χ1) is 19.1. The van der Waals surface area contributed by atoms with Gasteiger partial charge in [0.25, 0.3) is 0 Å². The Balaban J connectivity index is 3.35. The molecule has 9 nitrogen and oxygen atoms in total. The number of carboxylic acids is 1. The molecule has 0 aliphatic rings. The Morgan fingerprint density at radius 1 is 0.550 bits per heavy atom. The number of rotatable bonds is 27. The fourth-order valence-corrected chi connectivity index (χ4v) is 4.11. The Hall–Kier alpha value is -2.16. The van der Waals surface area contributed by atoms with Crippen LogP contribution in [0, 0.1) is 5.41 Å². The number of hydrogen-bond donors (Lipinski definition) is 3. The summed E-state index contributed by atoms with van der Waals surface area (Å²) in [5.41, 5.74) is -0.524. The lowest BCUT2D eigenvalue weighted by atomic mass is 9.97. The van der Waals surface area contributed by atoms with Gasteiger partial charge in [-0.1, -0.05) is 77.0 Å². The van der Waals surface area contributed by atoms with Crippen molar-refractivity contribution in [2.75, 3.05) is 32.9 Å². The van der Waals surface area contributed by atoms with E-state index in [1.165, 1.54) is 57.8 Å². The highest BCUT2D eigenvalue weighted by molar-refractivity contribution is 5.77. The van der Waals surface area contributed by atoms with Gasteiger partial charge >= 0.3 is 11.9 Å². The number of unbranched alkanes of at least 4 members (excludes halogenated alkanes) is 13. The molecule has 234 valence electrons. The standard InChI is InChI=1S/C31H58N2O7/c1-31(2,3)30(38)40-26-25-39-24-23-33-28(35)20-18-22-32-27(34)19-16-14-12-10-8-6-4-5-7-9-11-13-15-17-21-29(36)37/h4-26H2,1-3H3,(H,32,34)(H,33,35)(H,36,37). The first kappa shape index (κ1) is 37.8. The maximum Gasteiger partial charge on any atom is 0.311 e. The first-order valence-corrected chi connectivity index (χ1v) is 15.6. The van der Waals surface area contributed by atoms with Crippen LogP contribution in [0.5, 0.6) is 0 Å². The van der Waals surface area contributed by atoms with E-state index >= 15 is 0 Å². The summed E-state index contributed by atoms with van der Waals surface area (Å²) in [6.45, 7) is 7.15. The van der Waals surface area contributed by atoms with Crippen molar-refractivity contribution in [1.82, 2.24) is 10.6 Å². The minimum atomic E-state index is -0.688. The van der Waals surface area contributed by atoms with Crippen LogP contribution >= 0.6 is 0 Å². The Morgan fingerprint density at radius 2 is 0.975 bits per heavy atom. The molecule has 0 spiro atoms. The molecular formula is C31H58N2O7. The highest BCUT2D eigenvalue weighted by Gasteiger charge is 2.22. The maximum absolute atomic E-state index is 12.0. The van der Waals surface area contributed by atoms with E-state index < -0.39 is 11.4 Å². The van der Waals surface area contributed by atoms with Gasteiger partial charge in [-0.15, -0.1) is 0 Å². The van der Waals surface area contributed by atoms with E-state index in [0.29, 0.717) is 52.0 Å². The summed E-state index contributed by atoms with van der Waals surface area (Å²) >= 11 is 0. The minimum absolute atomic E-state index is 0.0582. The predicted octanol–water partition coefficient (Wildman–Crippen LogP) is 5.93. The number of ether oxygens (including phenoxy) is 2. The Labute approximate surface area is 242 Å². The van der Waals surface area contributed by atoms with Crippen LogP contribution in [0.3, 0.4) is 0 Å². The van der Waals surface area contributed by atoms with E-state index in [2.05, 4.69) is 10.6 Å². The van der Waals surface area contributed by atoms with Crippen molar-refractivity contribution in [3.05, 3.63) is 0 Å². The van der Waals surface area contributed by atoms with E-state index in [-0.39, 0.29) is 24.4 Å². The topological polar surface area (TPSA) is 131 Å². The molecular weight excluding hydrogens is 512 g/mol. The summed E-state index contributed by atoms with van der Waals surface area (Å²) in [6.07, 6.45) is 18.1. The smallest absolute Gasteiger partial charge is 0.311 e. The van der Waals surface area contributed by atoms with Gasteiger partial charge < -0.3 is 25.2 Å². The first-order valence-electron chi connectivity index (χ1n) is 15.6. The van der Waals surface area contributed by atoms with Crippen molar-refractivity contribution < 1.29 is 33.8 Å². The molecule has 0 bridgehead atoms. The molecule has 0 aromatic rings. The Morgan fingerprint density at radius 3 is 1.45 bits per heavy atom. The zero-order chi connectivity index (χ0) is 29.9. The second-order valence-corrected chi connectivity index (χ2v) is 11.6. The molecule has 0 aromatic carbocycles. The van der Waals surface area contributed by atoms with Crippen LogP contribution in [0.1, 0.15) is 136 Å². The van der Waals surface area contributed by atoms with Crippen LogP contribution in [0.2, 0.25) is 0 Å². The molecule has 40 heavy (non-hydrogen) atoms. The van der Waals surface area contributed by atoms with Gasteiger partial charge in [0.1, 0.15) is 6.61 Å². The van der Waals surface area contributed by atoms with E-state index in [9.17, 15) is 19.2 Å². The average Bonchev–Trinajstić information content (AvgIpc) is 2.89. The third-order valence-electron chi connectivity index (χ3n) is 6.59. The summed E-state index contributed by atoms with van der Waals surface area (Å²) in [4.78, 5) is 45.9. The van der Waals surface area contributed by atoms with Gasteiger partial charge in [0.2, 0.25) is 11.8 Å². The van der Waals surface area contributed by atoms with E-state index in [4.69, 9.17) is 14.6 Å². The molecule has 0 fully saturated rings. The van der Waals surface area contributed by atoms with Crippen LogP contribution in [-0.2, 0) is 28.7 Å². The fourth-order valence-electron chi connectivity index (χ4n) is 4.11.